The van der Waals surface area contributed by atoms with Crippen LogP contribution in [0.2, 0.25) is 0 Å². The van der Waals surface area contributed by atoms with Crippen molar-refractivity contribution in [3.63, 3.8) is 0 Å². The quantitative estimate of drug-likeness (QED) is 0.616. The van der Waals surface area contributed by atoms with Crippen molar-refractivity contribution >= 4 is 11.4 Å². The van der Waals surface area contributed by atoms with Crippen molar-refractivity contribution in [2.75, 3.05) is 0 Å². The molecule has 0 saturated heterocycles. The van der Waals surface area contributed by atoms with Gasteiger partial charge in [-0.1, -0.05) is 6.07 Å². The van der Waals surface area contributed by atoms with Crippen LogP contribution in [0.25, 0.3) is 5.65 Å². The van der Waals surface area contributed by atoms with Crippen molar-refractivity contribution in [3.8, 4) is 0 Å². The molecule has 0 amide bonds. The number of ketones is 1. The fourth-order valence-electron chi connectivity index (χ4n) is 1.57. The molecule has 0 saturated carbocycles. The first-order valence-electron chi connectivity index (χ1n) is 5.11. The highest BCUT2D eigenvalue weighted by atomic mass is 16.1. The highest BCUT2D eigenvalue weighted by molar-refractivity contribution is 6.06. The molecule has 0 radical (unpaired) electrons. The van der Waals surface area contributed by atoms with Gasteiger partial charge in [-0.3, -0.25) is 9.78 Å². The van der Waals surface area contributed by atoms with Crippen LogP contribution in [0, 0.1) is 0 Å². The van der Waals surface area contributed by atoms with Gasteiger partial charge < -0.3 is 0 Å². The molecule has 0 aliphatic rings. The Kier molecular flexibility index (Phi) is 2.15. The maximum absolute atomic E-state index is 12.1. The van der Waals surface area contributed by atoms with E-state index in [1.807, 2.05) is 0 Å². The molecule has 0 atom stereocenters. The normalized spacial score (nSPS) is 10.6. The largest absolute Gasteiger partial charge is 0.285 e. The van der Waals surface area contributed by atoms with Gasteiger partial charge in [0.15, 0.2) is 5.65 Å². The molecule has 17 heavy (non-hydrogen) atoms. The molecular formula is C12H8N4O. The van der Waals surface area contributed by atoms with Crippen LogP contribution in [0.15, 0.2) is 48.9 Å². The number of nitrogens with zero attached hydrogens (tertiary/aromatic N) is 4. The van der Waals surface area contributed by atoms with Crippen molar-refractivity contribution in [2.24, 2.45) is 0 Å². The van der Waals surface area contributed by atoms with Gasteiger partial charge >= 0.3 is 0 Å². The Labute approximate surface area is 96.8 Å². The zero-order valence-corrected chi connectivity index (χ0v) is 8.82. The van der Waals surface area contributed by atoms with E-state index < -0.39 is 0 Å². The molecule has 0 spiro atoms. The molecule has 82 valence electrons. The summed E-state index contributed by atoms with van der Waals surface area (Å²) in [4.78, 5) is 20.3. The second-order valence-electron chi connectivity index (χ2n) is 3.49. The minimum absolute atomic E-state index is 0.186. The summed E-state index contributed by atoms with van der Waals surface area (Å²) in [5.41, 5.74) is 1.41. The van der Waals surface area contributed by atoms with E-state index >= 15 is 0 Å². The van der Waals surface area contributed by atoms with Crippen molar-refractivity contribution in [1.29, 1.82) is 0 Å². The van der Waals surface area contributed by atoms with Crippen LogP contribution in [0.3, 0.4) is 0 Å². The Morgan fingerprint density at radius 3 is 2.82 bits per heavy atom. The van der Waals surface area contributed by atoms with Gasteiger partial charge in [0.2, 0.25) is 5.78 Å². The van der Waals surface area contributed by atoms with Crippen LogP contribution in [-0.4, -0.2) is 25.4 Å². The Hall–Kier alpha value is -2.56. The predicted molar refractivity (Wildman–Crippen MR) is 60.7 cm³/mol. The highest BCUT2D eigenvalue weighted by Crippen LogP contribution is 2.06. The second-order valence-corrected chi connectivity index (χ2v) is 3.49. The van der Waals surface area contributed by atoms with E-state index in [1.165, 1.54) is 0 Å². The number of fused-ring (bicyclic) bond motifs is 1. The number of carbonyl (C=O) groups excluding carboxylic acids is 1. The number of pyridine rings is 1. The molecule has 3 rings (SSSR count). The lowest BCUT2D eigenvalue weighted by atomic mass is 10.2. The van der Waals surface area contributed by atoms with Crippen LogP contribution in [0.4, 0.5) is 0 Å². The Morgan fingerprint density at radius 2 is 2.00 bits per heavy atom. The molecule has 5 nitrogen and oxygen atoms in total. The van der Waals surface area contributed by atoms with Gasteiger partial charge in [0.25, 0.3) is 0 Å². The molecule has 0 aliphatic carbocycles. The first kappa shape index (κ1) is 9.65. The summed E-state index contributed by atoms with van der Waals surface area (Å²) in [6, 6.07) is 8.60. The summed E-state index contributed by atoms with van der Waals surface area (Å²) >= 11 is 0. The molecule has 3 aromatic heterocycles. The van der Waals surface area contributed by atoms with Gasteiger partial charge in [0, 0.05) is 18.5 Å². The third-order valence-corrected chi connectivity index (χ3v) is 2.39. The van der Waals surface area contributed by atoms with Crippen LogP contribution in [0.5, 0.6) is 0 Å². The van der Waals surface area contributed by atoms with E-state index in [-0.39, 0.29) is 5.78 Å². The molecule has 0 bridgehead atoms. The molecule has 3 heterocycles. The first-order valence-corrected chi connectivity index (χ1v) is 5.11. The number of carbonyl (C=O) groups is 1. The van der Waals surface area contributed by atoms with Crippen LogP contribution >= 0.6 is 0 Å². The number of hydrogen-bond donors (Lipinski definition) is 0. The number of rotatable bonds is 2. The molecule has 0 aliphatic heterocycles. The number of aromatic nitrogens is 4. The van der Waals surface area contributed by atoms with E-state index in [4.69, 9.17) is 0 Å². The maximum Gasteiger partial charge on any atom is 0.229 e. The Balaban J connectivity index is 2.06. The summed E-state index contributed by atoms with van der Waals surface area (Å²) < 4.78 is 1.61. The van der Waals surface area contributed by atoms with E-state index in [0.717, 1.165) is 0 Å². The standard InChI is InChI=1S/C12H8N4O/c17-12(9-3-1-2-6-13-9)10-5-8-16-11(15-10)4-7-14-16/h1-8H. The first-order chi connectivity index (χ1) is 8.34. The Morgan fingerprint density at radius 1 is 1.06 bits per heavy atom. The third-order valence-electron chi connectivity index (χ3n) is 2.39. The van der Waals surface area contributed by atoms with Crippen LogP contribution in [-0.2, 0) is 0 Å². The maximum atomic E-state index is 12.1. The molecule has 0 aromatic carbocycles. The molecule has 0 unspecified atom stereocenters. The zero-order valence-electron chi connectivity index (χ0n) is 8.82. The monoisotopic (exact) mass is 224 g/mol. The summed E-state index contributed by atoms with van der Waals surface area (Å²) in [6.45, 7) is 0. The average molecular weight is 224 g/mol. The topological polar surface area (TPSA) is 60.2 Å². The smallest absolute Gasteiger partial charge is 0.229 e. The van der Waals surface area contributed by atoms with Crippen molar-refractivity contribution in [3.05, 3.63) is 60.3 Å². The summed E-state index contributed by atoms with van der Waals surface area (Å²) in [7, 11) is 0. The lowest BCUT2D eigenvalue weighted by molar-refractivity contribution is 0.103. The van der Waals surface area contributed by atoms with Crippen molar-refractivity contribution < 1.29 is 4.79 Å². The minimum Gasteiger partial charge on any atom is -0.285 e. The lowest BCUT2D eigenvalue weighted by Crippen LogP contribution is -2.07. The van der Waals surface area contributed by atoms with E-state index in [2.05, 4.69) is 15.1 Å². The minimum atomic E-state index is -0.186. The molecule has 0 N–H and O–H groups in total. The van der Waals surface area contributed by atoms with Gasteiger partial charge in [-0.25, -0.2) is 9.50 Å². The predicted octanol–water partition coefficient (Wildman–Crippen LogP) is 1.36. The molecule has 0 fully saturated rings. The van der Waals surface area contributed by atoms with Crippen molar-refractivity contribution in [2.45, 2.75) is 0 Å². The number of hydrogen-bond acceptors (Lipinski definition) is 4. The molecule has 5 heteroatoms. The zero-order chi connectivity index (χ0) is 11.7. The van der Waals surface area contributed by atoms with Gasteiger partial charge in [0.1, 0.15) is 11.4 Å². The summed E-state index contributed by atoms with van der Waals surface area (Å²) in [5.74, 6) is -0.186. The SMILES string of the molecule is O=C(c1ccccn1)c1ccn2nccc2n1. The van der Waals surface area contributed by atoms with E-state index in [9.17, 15) is 4.79 Å². The molecular weight excluding hydrogens is 216 g/mol. The van der Waals surface area contributed by atoms with Gasteiger partial charge in [-0.15, -0.1) is 0 Å². The highest BCUT2D eigenvalue weighted by Gasteiger charge is 2.11. The van der Waals surface area contributed by atoms with Crippen LogP contribution < -0.4 is 0 Å². The van der Waals surface area contributed by atoms with Gasteiger partial charge in [-0.2, -0.15) is 5.10 Å². The fraction of sp³-hybridized carbons (Fsp3) is 0. The average Bonchev–Trinajstić information content (AvgIpc) is 2.86. The fourth-order valence-corrected chi connectivity index (χ4v) is 1.57. The van der Waals surface area contributed by atoms with Crippen molar-refractivity contribution in [1.82, 2.24) is 19.6 Å². The lowest BCUT2D eigenvalue weighted by Gasteiger charge is -1.99. The second kappa shape index (κ2) is 3.79. The summed E-state index contributed by atoms with van der Waals surface area (Å²) in [5, 5.41) is 4.02. The van der Waals surface area contributed by atoms with Crippen LogP contribution in [0.1, 0.15) is 16.2 Å². The Bertz CT molecular complexity index is 675. The molecule has 3 aromatic rings. The third kappa shape index (κ3) is 1.67. The van der Waals surface area contributed by atoms with Gasteiger partial charge in [0.05, 0.1) is 6.20 Å². The van der Waals surface area contributed by atoms with Gasteiger partial charge in [-0.05, 0) is 18.2 Å². The summed E-state index contributed by atoms with van der Waals surface area (Å²) in [6.07, 6.45) is 4.93. The van der Waals surface area contributed by atoms with E-state index in [1.54, 1.807) is 53.4 Å². The van der Waals surface area contributed by atoms with E-state index in [0.29, 0.717) is 17.0 Å².